The highest BCUT2D eigenvalue weighted by atomic mass is 15.2. The van der Waals surface area contributed by atoms with Crippen LogP contribution in [0.25, 0.3) is 0 Å². The molecule has 138 valence electrons. The third-order valence-corrected chi connectivity index (χ3v) is 4.98. The maximum Gasteiger partial charge on any atom is 0.0603 e. The van der Waals surface area contributed by atoms with E-state index in [1.54, 1.807) is 12.4 Å². The van der Waals surface area contributed by atoms with Crippen molar-refractivity contribution in [3.05, 3.63) is 120 Å². The van der Waals surface area contributed by atoms with Gasteiger partial charge in [-0.3, -0.25) is 9.97 Å². The third kappa shape index (κ3) is 3.94. The molecule has 0 fully saturated rings. The van der Waals surface area contributed by atoms with E-state index in [4.69, 9.17) is 0 Å². The van der Waals surface area contributed by atoms with Crippen molar-refractivity contribution >= 4 is 11.4 Å². The summed E-state index contributed by atoms with van der Waals surface area (Å²) in [5, 5.41) is 0. The zero-order chi connectivity index (χ0) is 19.2. The Kier molecular flexibility index (Phi) is 5.43. The first-order valence-electron chi connectivity index (χ1n) is 9.54. The van der Waals surface area contributed by atoms with E-state index < -0.39 is 0 Å². The zero-order valence-corrected chi connectivity index (χ0v) is 15.9. The number of aromatic nitrogens is 2. The van der Waals surface area contributed by atoms with Crippen LogP contribution in [0.3, 0.4) is 0 Å². The van der Waals surface area contributed by atoms with Crippen LogP contribution in [0, 0.1) is 0 Å². The van der Waals surface area contributed by atoms with Gasteiger partial charge in [-0.1, -0.05) is 54.6 Å². The van der Waals surface area contributed by atoms with Gasteiger partial charge in [0.05, 0.1) is 29.8 Å². The highest BCUT2D eigenvalue weighted by Gasteiger charge is 2.21. The quantitative estimate of drug-likeness (QED) is 0.422. The summed E-state index contributed by atoms with van der Waals surface area (Å²) in [4.78, 5) is 11.0. The van der Waals surface area contributed by atoms with Crippen LogP contribution in [-0.2, 0) is 6.42 Å². The van der Waals surface area contributed by atoms with E-state index in [0.717, 1.165) is 17.8 Å². The van der Waals surface area contributed by atoms with E-state index >= 15 is 0 Å². The fourth-order valence-electron chi connectivity index (χ4n) is 3.65. The lowest BCUT2D eigenvalue weighted by Gasteiger charge is -2.32. The van der Waals surface area contributed by atoms with Crippen molar-refractivity contribution in [2.45, 2.75) is 19.4 Å². The first-order chi connectivity index (χ1) is 13.8. The molecule has 28 heavy (non-hydrogen) atoms. The van der Waals surface area contributed by atoms with Crippen molar-refractivity contribution in [1.82, 2.24) is 9.97 Å². The number of rotatable bonds is 6. The molecule has 0 saturated heterocycles. The van der Waals surface area contributed by atoms with E-state index in [1.807, 2.05) is 24.5 Å². The highest BCUT2D eigenvalue weighted by Crippen LogP contribution is 2.35. The van der Waals surface area contributed by atoms with Crippen LogP contribution in [0.15, 0.2) is 104 Å². The van der Waals surface area contributed by atoms with Crippen LogP contribution < -0.4 is 4.90 Å². The van der Waals surface area contributed by atoms with E-state index in [0.29, 0.717) is 0 Å². The fraction of sp³-hybridized carbons (Fsp3) is 0.120. The second-order valence-electron chi connectivity index (χ2n) is 6.83. The average molecular weight is 365 g/mol. The molecule has 0 amide bonds. The van der Waals surface area contributed by atoms with Crippen LogP contribution in [0.2, 0.25) is 0 Å². The zero-order valence-electron chi connectivity index (χ0n) is 15.9. The Morgan fingerprint density at radius 1 is 0.714 bits per heavy atom. The molecule has 2 aromatic carbocycles. The van der Waals surface area contributed by atoms with Gasteiger partial charge in [0, 0.05) is 12.4 Å². The van der Waals surface area contributed by atoms with Crippen LogP contribution in [0.4, 0.5) is 11.4 Å². The van der Waals surface area contributed by atoms with Crippen LogP contribution in [-0.4, -0.2) is 9.97 Å². The maximum absolute atomic E-state index is 4.34. The van der Waals surface area contributed by atoms with Gasteiger partial charge in [0.1, 0.15) is 0 Å². The van der Waals surface area contributed by atoms with Crippen molar-refractivity contribution in [2.75, 3.05) is 4.90 Å². The van der Waals surface area contributed by atoms with Gasteiger partial charge in [0.15, 0.2) is 0 Å². The normalized spacial score (nSPS) is 11.8. The summed E-state index contributed by atoms with van der Waals surface area (Å²) < 4.78 is 0. The van der Waals surface area contributed by atoms with E-state index in [-0.39, 0.29) is 6.04 Å². The lowest BCUT2D eigenvalue weighted by molar-refractivity contribution is 0.760. The molecule has 1 atom stereocenters. The number of benzene rings is 2. The van der Waals surface area contributed by atoms with Crippen molar-refractivity contribution in [2.24, 2.45) is 0 Å². The summed E-state index contributed by atoms with van der Waals surface area (Å²) in [5.41, 5.74) is 6.06. The second-order valence-corrected chi connectivity index (χ2v) is 6.83. The maximum atomic E-state index is 4.34. The Balaban J connectivity index is 1.75. The summed E-state index contributed by atoms with van der Waals surface area (Å²) in [6, 6.07) is 27.6. The van der Waals surface area contributed by atoms with E-state index in [1.165, 1.54) is 16.7 Å². The Labute approximate surface area is 166 Å². The third-order valence-electron chi connectivity index (χ3n) is 4.98. The number of hydrogen-bond acceptors (Lipinski definition) is 3. The van der Waals surface area contributed by atoms with Gasteiger partial charge in [-0.25, -0.2) is 0 Å². The molecule has 2 heterocycles. The molecule has 0 bridgehead atoms. The molecule has 2 aromatic heterocycles. The average Bonchev–Trinajstić information content (AvgIpc) is 2.76. The topological polar surface area (TPSA) is 29.0 Å². The first kappa shape index (κ1) is 17.9. The molecule has 3 heteroatoms. The van der Waals surface area contributed by atoms with Crippen LogP contribution >= 0.6 is 0 Å². The number of hydrogen-bond donors (Lipinski definition) is 0. The molecule has 0 N–H and O–H groups in total. The van der Waals surface area contributed by atoms with Crippen molar-refractivity contribution in [3.8, 4) is 0 Å². The summed E-state index contributed by atoms with van der Waals surface area (Å²) in [6.45, 7) is 2.24. The van der Waals surface area contributed by atoms with Crippen molar-refractivity contribution < 1.29 is 0 Å². The predicted octanol–water partition coefficient (Wildman–Crippen LogP) is 5.97. The molecule has 0 aliphatic heterocycles. The van der Waals surface area contributed by atoms with Crippen LogP contribution in [0.1, 0.15) is 29.7 Å². The molecule has 1 unspecified atom stereocenters. The number of anilines is 2. The molecular formula is C25H23N3. The minimum absolute atomic E-state index is 0.133. The summed E-state index contributed by atoms with van der Waals surface area (Å²) in [5.74, 6) is 0. The second kappa shape index (κ2) is 8.49. The molecule has 4 rings (SSSR count). The monoisotopic (exact) mass is 365 g/mol. The number of nitrogens with zero attached hydrogens (tertiary/aromatic N) is 3. The van der Waals surface area contributed by atoms with E-state index in [2.05, 4.69) is 88.5 Å². The highest BCUT2D eigenvalue weighted by molar-refractivity contribution is 5.63. The van der Waals surface area contributed by atoms with Crippen molar-refractivity contribution in [3.63, 3.8) is 0 Å². The Morgan fingerprint density at radius 2 is 1.32 bits per heavy atom. The van der Waals surface area contributed by atoms with Gasteiger partial charge in [0.2, 0.25) is 0 Å². The van der Waals surface area contributed by atoms with Gasteiger partial charge in [-0.15, -0.1) is 0 Å². The van der Waals surface area contributed by atoms with Gasteiger partial charge >= 0.3 is 0 Å². The van der Waals surface area contributed by atoms with Gasteiger partial charge in [0.25, 0.3) is 0 Å². The summed E-state index contributed by atoms with van der Waals surface area (Å²) in [6.07, 6.45) is 8.33. The number of pyridine rings is 2. The molecule has 3 nitrogen and oxygen atoms in total. The van der Waals surface area contributed by atoms with Gasteiger partial charge < -0.3 is 4.90 Å². The molecule has 0 saturated carbocycles. The van der Waals surface area contributed by atoms with Crippen molar-refractivity contribution in [1.29, 1.82) is 0 Å². The Bertz CT molecular complexity index is 962. The minimum atomic E-state index is 0.133. The molecule has 4 aromatic rings. The standard InChI is InChI=1S/C25H23N3/c1-20(25-14-6-5-11-22(25)17-21-9-3-2-4-10-21)28(23-12-7-15-26-18-23)24-13-8-16-27-19-24/h2-16,18-20H,17H2,1H3. The lowest BCUT2D eigenvalue weighted by atomic mass is 9.94. The smallest absolute Gasteiger partial charge is 0.0603 e. The van der Waals surface area contributed by atoms with Crippen LogP contribution in [0.5, 0.6) is 0 Å². The molecule has 0 aliphatic rings. The largest absolute Gasteiger partial charge is 0.332 e. The Hall–Kier alpha value is -3.46. The first-order valence-corrected chi connectivity index (χ1v) is 9.54. The molecular weight excluding hydrogens is 342 g/mol. The Morgan fingerprint density at radius 3 is 1.93 bits per heavy atom. The summed E-state index contributed by atoms with van der Waals surface area (Å²) >= 11 is 0. The summed E-state index contributed by atoms with van der Waals surface area (Å²) in [7, 11) is 0. The predicted molar refractivity (Wildman–Crippen MR) is 115 cm³/mol. The van der Waals surface area contributed by atoms with Gasteiger partial charge in [-0.2, -0.15) is 0 Å². The SMILES string of the molecule is CC(c1ccccc1Cc1ccccc1)N(c1cccnc1)c1cccnc1. The lowest BCUT2D eigenvalue weighted by Crippen LogP contribution is -2.22. The molecule has 0 radical (unpaired) electrons. The minimum Gasteiger partial charge on any atom is -0.332 e. The fourth-order valence-corrected chi connectivity index (χ4v) is 3.65. The molecule has 0 spiro atoms. The van der Waals surface area contributed by atoms with E-state index in [9.17, 15) is 0 Å². The van der Waals surface area contributed by atoms with Gasteiger partial charge in [-0.05, 0) is 54.3 Å². The molecule has 0 aliphatic carbocycles.